The summed E-state index contributed by atoms with van der Waals surface area (Å²) in [4.78, 5) is 8.24. The molecule has 1 aromatic heterocycles. The molecule has 4 rings (SSSR count). The lowest BCUT2D eigenvalue weighted by atomic mass is 9.89. The Kier molecular flexibility index (Phi) is 3.59. The lowest BCUT2D eigenvalue weighted by Crippen LogP contribution is -2.45. The van der Waals surface area contributed by atoms with Crippen LogP contribution in [0.1, 0.15) is 12.6 Å². The highest BCUT2D eigenvalue weighted by molar-refractivity contribution is 5.80. The third-order valence-corrected chi connectivity index (χ3v) is 3.49. The Labute approximate surface area is 124 Å². The molecule has 1 aliphatic heterocycles. The van der Waals surface area contributed by atoms with E-state index >= 15 is 0 Å². The largest absolute Gasteiger partial charge is 0.380 e. The Morgan fingerprint density at radius 1 is 1.33 bits per heavy atom. The number of terminal acetylenes is 1. The van der Waals surface area contributed by atoms with E-state index < -0.39 is 0 Å². The molecule has 4 heteroatoms. The van der Waals surface area contributed by atoms with Crippen molar-refractivity contribution in [3.8, 4) is 23.5 Å². The van der Waals surface area contributed by atoms with Gasteiger partial charge in [-0.25, -0.2) is 9.97 Å². The minimum absolute atomic E-state index is 0.204. The molecular weight excluding hydrogens is 262 g/mol. The van der Waals surface area contributed by atoms with Crippen molar-refractivity contribution in [2.24, 2.45) is 5.41 Å². The maximum Gasteiger partial charge on any atom is 0.223 e. The molecule has 0 aromatic carbocycles. The maximum atomic E-state index is 5.25. The third kappa shape index (κ3) is 3.39. The second-order valence-corrected chi connectivity index (χ2v) is 5.65. The molecular formula is C17H17N3O. The molecule has 0 radical (unpaired) electrons. The predicted molar refractivity (Wildman–Crippen MR) is 82.8 cm³/mol. The van der Waals surface area contributed by atoms with Gasteiger partial charge in [-0.3, -0.25) is 0 Å². The summed E-state index contributed by atoms with van der Waals surface area (Å²) in [5.41, 5.74) is 3.66. The summed E-state index contributed by atoms with van der Waals surface area (Å²) in [6.45, 7) is 4.54. The topological polar surface area (TPSA) is 47.0 Å². The molecule has 0 bridgehead atoms. The molecule has 2 aliphatic carbocycles. The average Bonchev–Trinajstić information content (AvgIpc) is 3.10. The van der Waals surface area contributed by atoms with E-state index in [1.54, 1.807) is 12.3 Å². The molecule has 1 N–H and O–H groups in total. The van der Waals surface area contributed by atoms with Crippen molar-refractivity contribution in [3.05, 3.63) is 42.2 Å². The Morgan fingerprint density at radius 3 is 2.57 bits per heavy atom. The van der Waals surface area contributed by atoms with Gasteiger partial charge in [-0.05, 0) is 23.3 Å². The van der Waals surface area contributed by atoms with Gasteiger partial charge in [-0.2, -0.15) is 0 Å². The average molecular weight is 279 g/mol. The second kappa shape index (κ2) is 5.55. The first-order valence-electron chi connectivity index (χ1n) is 6.90. The molecule has 0 atom stereocenters. The highest BCUT2D eigenvalue weighted by Crippen LogP contribution is 2.32. The van der Waals surface area contributed by atoms with Gasteiger partial charge in [0.1, 0.15) is 5.69 Å². The van der Waals surface area contributed by atoms with Crippen LogP contribution in [0.25, 0.3) is 11.1 Å². The lowest BCUT2D eigenvalue weighted by molar-refractivity contribution is -0.0925. The Balaban J connectivity index is 0.000000180. The van der Waals surface area contributed by atoms with Crippen molar-refractivity contribution in [2.45, 2.75) is 6.92 Å². The van der Waals surface area contributed by atoms with Crippen LogP contribution in [0, 0.1) is 17.8 Å². The normalized spacial score (nSPS) is 15.8. The molecule has 1 saturated heterocycles. The Hall–Kier alpha value is -2.38. The minimum Gasteiger partial charge on any atom is -0.380 e. The van der Waals surface area contributed by atoms with Gasteiger partial charge in [0.05, 0.1) is 13.2 Å². The number of ether oxygens (including phenoxy) is 1. The number of fused-ring (bicyclic) bond motifs is 1. The van der Waals surface area contributed by atoms with E-state index in [9.17, 15) is 0 Å². The number of aromatic nitrogens is 2. The van der Waals surface area contributed by atoms with Crippen LogP contribution in [0.3, 0.4) is 0 Å². The quantitative estimate of drug-likeness (QED) is 0.749. The van der Waals surface area contributed by atoms with Crippen molar-refractivity contribution < 1.29 is 4.74 Å². The van der Waals surface area contributed by atoms with Gasteiger partial charge in [0.2, 0.25) is 5.95 Å². The van der Waals surface area contributed by atoms with E-state index in [4.69, 9.17) is 11.2 Å². The number of rotatable bonds is 3. The smallest absolute Gasteiger partial charge is 0.223 e. The predicted octanol–water partition coefficient (Wildman–Crippen LogP) is 2.57. The highest BCUT2D eigenvalue weighted by atomic mass is 16.5. The molecule has 1 aromatic rings. The number of nitrogens with zero attached hydrogens (tertiary/aromatic N) is 2. The molecule has 2 heterocycles. The van der Waals surface area contributed by atoms with Gasteiger partial charge in [0.25, 0.3) is 0 Å². The van der Waals surface area contributed by atoms with Crippen LogP contribution in [-0.4, -0.2) is 29.7 Å². The van der Waals surface area contributed by atoms with Crippen LogP contribution in [-0.2, 0) is 4.74 Å². The van der Waals surface area contributed by atoms with Gasteiger partial charge < -0.3 is 10.1 Å². The first kappa shape index (κ1) is 13.6. The van der Waals surface area contributed by atoms with E-state index in [2.05, 4.69) is 52.4 Å². The van der Waals surface area contributed by atoms with Crippen molar-refractivity contribution in [2.75, 3.05) is 25.1 Å². The van der Waals surface area contributed by atoms with Gasteiger partial charge in [-0.15, -0.1) is 6.42 Å². The molecule has 0 spiro atoms. The summed E-state index contributed by atoms with van der Waals surface area (Å²) in [6.07, 6.45) is 6.91. The van der Waals surface area contributed by atoms with E-state index in [0.29, 0.717) is 11.6 Å². The maximum absolute atomic E-state index is 5.25. The Bertz CT molecular complexity index is 669. The summed E-state index contributed by atoms with van der Waals surface area (Å²) in [5, 5.41) is 3.16. The van der Waals surface area contributed by atoms with E-state index in [-0.39, 0.29) is 5.41 Å². The number of hydrogen-bond acceptors (Lipinski definition) is 4. The second-order valence-electron chi connectivity index (χ2n) is 5.65. The molecule has 3 aliphatic rings. The van der Waals surface area contributed by atoms with Gasteiger partial charge >= 0.3 is 0 Å². The zero-order valence-corrected chi connectivity index (χ0v) is 12.0. The number of nitrogens with one attached hydrogen (secondary N) is 1. The first-order valence-corrected chi connectivity index (χ1v) is 6.90. The van der Waals surface area contributed by atoms with Gasteiger partial charge in [0, 0.05) is 18.2 Å². The van der Waals surface area contributed by atoms with E-state index in [0.717, 1.165) is 19.8 Å². The molecule has 0 amide bonds. The highest BCUT2D eigenvalue weighted by Gasteiger charge is 2.33. The third-order valence-electron chi connectivity index (χ3n) is 3.49. The zero-order chi connectivity index (χ0) is 14.7. The fourth-order valence-electron chi connectivity index (χ4n) is 2.04. The fraction of sp³-hybridized carbons (Fsp3) is 0.294. The molecule has 106 valence electrons. The van der Waals surface area contributed by atoms with Crippen LogP contribution >= 0.6 is 0 Å². The van der Waals surface area contributed by atoms with Crippen molar-refractivity contribution in [1.82, 2.24) is 9.97 Å². The summed E-state index contributed by atoms with van der Waals surface area (Å²) < 4.78 is 5.16. The first-order chi connectivity index (χ1) is 10.2. The number of hydrogen-bond donors (Lipinski definition) is 1. The Morgan fingerprint density at radius 2 is 2.10 bits per heavy atom. The molecule has 21 heavy (non-hydrogen) atoms. The summed E-state index contributed by atoms with van der Waals surface area (Å²) in [5.74, 6) is 3.06. The van der Waals surface area contributed by atoms with Gasteiger partial charge in [0.15, 0.2) is 0 Å². The standard InChI is InChI=1S/C11H13N3O.C6H4/c1-3-9-4-5-12-10(14-9)13-6-11(2)7-15-8-11;1-2-5-4-6(5)3-1/h1,4-5H,6-8H2,2H3,(H,12,13,14);1-4H. The van der Waals surface area contributed by atoms with Crippen LogP contribution in [0.2, 0.25) is 0 Å². The summed E-state index contributed by atoms with van der Waals surface area (Å²) in [7, 11) is 0. The molecule has 0 unspecified atom stereocenters. The van der Waals surface area contributed by atoms with Crippen LogP contribution in [0.15, 0.2) is 36.5 Å². The summed E-state index contributed by atoms with van der Waals surface area (Å²) in [6, 6.07) is 10.2. The lowest BCUT2D eigenvalue weighted by Gasteiger charge is -2.37. The zero-order valence-electron chi connectivity index (χ0n) is 12.0. The minimum atomic E-state index is 0.204. The van der Waals surface area contributed by atoms with Crippen molar-refractivity contribution >= 4 is 5.95 Å². The fourth-order valence-corrected chi connectivity index (χ4v) is 2.04. The van der Waals surface area contributed by atoms with Crippen molar-refractivity contribution in [1.29, 1.82) is 0 Å². The van der Waals surface area contributed by atoms with Crippen molar-refractivity contribution in [3.63, 3.8) is 0 Å². The monoisotopic (exact) mass is 279 g/mol. The van der Waals surface area contributed by atoms with Crippen LogP contribution in [0.4, 0.5) is 5.95 Å². The van der Waals surface area contributed by atoms with E-state index in [1.807, 2.05) is 0 Å². The van der Waals surface area contributed by atoms with E-state index in [1.165, 1.54) is 11.1 Å². The van der Waals surface area contributed by atoms with Crippen LogP contribution in [0.5, 0.6) is 0 Å². The molecule has 0 saturated carbocycles. The number of anilines is 1. The molecule has 4 nitrogen and oxygen atoms in total. The molecule has 1 fully saturated rings. The van der Waals surface area contributed by atoms with Crippen LogP contribution < -0.4 is 5.32 Å². The van der Waals surface area contributed by atoms with Gasteiger partial charge in [-0.1, -0.05) is 31.0 Å². The SMILES string of the molecule is C#Cc1ccnc(NCC2(C)COC2)n1.c1cc2cc-2c1. The summed E-state index contributed by atoms with van der Waals surface area (Å²) >= 11 is 0. The number of benzene rings is 1.